The lowest BCUT2D eigenvalue weighted by Gasteiger charge is -2.27. The summed E-state index contributed by atoms with van der Waals surface area (Å²) in [7, 11) is 4.85. The van der Waals surface area contributed by atoms with Gasteiger partial charge in [-0.15, -0.1) is 0 Å². The van der Waals surface area contributed by atoms with E-state index < -0.39 is 0 Å². The van der Waals surface area contributed by atoms with E-state index in [2.05, 4.69) is 12.1 Å². The molecule has 0 saturated heterocycles. The number of hydrogen-bond donors (Lipinski definition) is 0. The van der Waals surface area contributed by atoms with E-state index in [0.29, 0.717) is 17.2 Å². The minimum atomic E-state index is -0.0410. The zero-order valence-electron chi connectivity index (χ0n) is 15.9. The van der Waals surface area contributed by atoms with Crippen molar-refractivity contribution >= 4 is 0 Å². The van der Waals surface area contributed by atoms with Crippen molar-refractivity contribution < 1.29 is 28.1 Å². The molecule has 0 saturated carbocycles. The van der Waals surface area contributed by atoms with E-state index in [4.69, 9.17) is 28.1 Å². The average Bonchev–Trinajstić information content (AvgIpc) is 3.37. The second kappa shape index (κ2) is 6.41. The van der Waals surface area contributed by atoms with Crippen molar-refractivity contribution in [3.05, 3.63) is 64.6 Å². The summed E-state index contributed by atoms with van der Waals surface area (Å²) in [4.78, 5) is 0. The first-order valence-electron chi connectivity index (χ1n) is 9.00. The van der Waals surface area contributed by atoms with Gasteiger partial charge in [-0.25, -0.2) is 0 Å². The largest absolute Gasteiger partial charge is 0.493 e. The molecular weight excluding hydrogens is 360 g/mol. The second-order valence-electron chi connectivity index (χ2n) is 6.83. The normalized spacial score (nSPS) is 16.3. The van der Waals surface area contributed by atoms with Crippen molar-refractivity contribution in [2.24, 2.45) is 0 Å². The Labute approximate surface area is 162 Å². The molecule has 0 spiro atoms. The van der Waals surface area contributed by atoms with Gasteiger partial charge in [0.25, 0.3) is 0 Å². The summed E-state index contributed by atoms with van der Waals surface area (Å²) in [5.74, 6) is 3.32. The highest BCUT2D eigenvalue weighted by Crippen LogP contribution is 2.49. The van der Waals surface area contributed by atoms with E-state index in [0.717, 1.165) is 40.2 Å². The van der Waals surface area contributed by atoms with Crippen molar-refractivity contribution in [1.82, 2.24) is 0 Å². The van der Waals surface area contributed by atoms with E-state index in [9.17, 15) is 0 Å². The Morgan fingerprint density at radius 3 is 2.18 bits per heavy atom. The molecule has 1 aromatic heterocycles. The monoisotopic (exact) mass is 380 g/mol. The van der Waals surface area contributed by atoms with Gasteiger partial charge in [-0.3, -0.25) is 0 Å². The number of rotatable bonds is 4. The molecule has 0 N–H and O–H groups in total. The van der Waals surface area contributed by atoms with Gasteiger partial charge in [0, 0.05) is 17.9 Å². The Morgan fingerprint density at radius 2 is 1.50 bits per heavy atom. The fourth-order valence-corrected chi connectivity index (χ4v) is 4.15. The first-order chi connectivity index (χ1) is 13.7. The van der Waals surface area contributed by atoms with Gasteiger partial charge >= 0.3 is 0 Å². The van der Waals surface area contributed by atoms with Crippen LogP contribution in [0, 0.1) is 0 Å². The molecule has 1 aliphatic carbocycles. The highest BCUT2D eigenvalue weighted by molar-refractivity contribution is 5.62. The molecule has 2 aromatic carbocycles. The number of methoxy groups -OCH3 is 3. The summed E-state index contributed by atoms with van der Waals surface area (Å²) in [5.41, 5.74) is 5.66. The van der Waals surface area contributed by atoms with Crippen LogP contribution < -0.4 is 23.7 Å². The molecule has 0 amide bonds. The van der Waals surface area contributed by atoms with Crippen LogP contribution in [0.2, 0.25) is 0 Å². The highest BCUT2D eigenvalue weighted by atomic mass is 16.7. The molecule has 1 aliphatic heterocycles. The van der Waals surface area contributed by atoms with Gasteiger partial charge < -0.3 is 28.1 Å². The summed E-state index contributed by atoms with van der Waals surface area (Å²) < 4.78 is 33.4. The SMILES string of the molecule is COc1cc([C@@H]2c3cocc3Cc3cc4c(cc32)OCO4)cc(OC)c1OC. The van der Waals surface area contributed by atoms with Crippen LogP contribution in [0.3, 0.4) is 0 Å². The molecule has 0 unspecified atom stereocenters. The third kappa shape index (κ3) is 2.41. The predicted octanol–water partition coefficient (Wildman–Crippen LogP) is 4.12. The van der Waals surface area contributed by atoms with Crippen LogP contribution >= 0.6 is 0 Å². The Kier molecular flexibility index (Phi) is 3.86. The molecule has 28 heavy (non-hydrogen) atoms. The van der Waals surface area contributed by atoms with Crippen LogP contribution in [0.25, 0.3) is 0 Å². The Balaban J connectivity index is 1.73. The first-order valence-corrected chi connectivity index (χ1v) is 9.00. The lowest BCUT2D eigenvalue weighted by atomic mass is 9.76. The summed E-state index contributed by atoms with van der Waals surface area (Å²) in [6.45, 7) is 0.252. The van der Waals surface area contributed by atoms with Gasteiger partial charge in [-0.1, -0.05) is 0 Å². The van der Waals surface area contributed by atoms with Gasteiger partial charge in [-0.05, 0) is 46.5 Å². The van der Waals surface area contributed by atoms with Gasteiger partial charge in [0.05, 0.1) is 33.9 Å². The minimum Gasteiger partial charge on any atom is -0.493 e. The quantitative estimate of drug-likeness (QED) is 0.531. The topological polar surface area (TPSA) is 59.3 Å². The highest BCUT2D eigenvalue weighted by Gasteiger charge is 2.32. The van der Waals surface area contributed by atoms with Crippen LogP contribution in [-0.2, 0) is 6.42 Å². The van der Waals surface area contributed by atoms with Crippen molar-refractivity contribution in [3.8, 4) is 28.7 Å². The fraction of sp³-hybridized carbons (Fsp3) is 0.273. The van der Waals surface area contributed by atoms with Crippen LogP contribution in [0.1, 0.15) is 33.7 Å². The smallest absolute Gasteiger partial charge is 0.231 e. The molecule has 2 aliphatic rings. The maximum Gasteiger partial charge on any atom is 0.231 e. The molecule has 3 aromatic rings. The number of ether oxygens (including phenoxy) is 5. The van der Waals surface area contributed by atoms with Gasteiger partial charge in [-0.2, -0.15) is 0 Å². The van der Waals surface area contributed by atoms with Crippen LogP contribution in [0.15, 0.2) is 41.2 Å². The maximum atomic E-state index is 5.63. The number of hydrogen-bond acceptors (Lipinski definition) is 6. The zero-order chi connectivity index (χ0) is 19.3. The third-order valence-corrected chi connectivity index (χ3v) is 5.43. The maximum absolute atomic E-state index is 5.63. The average molecular weight is 380 g/mol. The van der Waals surface area contributed by atoms with Crippen molar-refractivity contribution in [1.29, 1.82) is 0 Å². The summed E-state index contributed by atoms with van der Waals surface area (Å²) in [6.07, 6.45) is 4.42. The first kappa shape index (κ1) is 16.9. The van der Waals surface area contributed by atoms with Crippen LogP contribution in [0.4, 0.5) is 0 Å². The molecule has 0 bridgehead atoms. The summed E-state index contributed by atoms with van der Waals surface area (Å²) in [5, 5.41) is 0. The second-order valence-corrected chi connectivity index (χ2v) is 6.83. The zero-order valence-corrected chi connectivity index (χ0v) is 15.9. The Hall–Kier alpha value is -3.28. The third-order valence-electron chi connectivity index (χ3n) is 5.43. The number of fused-ring (bicyclic) bond motifs is 3. The molecule has 0 radical (unpaired) electrons. The standard InChI is InChI=1S/C22H20O6/c1-23-19-6-13(7-20(24-2)22(19)25-3)21-15-8-18-17(27-11-28-18)5-12(15)4-14-9-26-10-16(14)21/h5-10,21H,4,11H2,1-3H3/t21-/m0/s1. The summed E-state index contributed by atoms with van der Waals surface area (Å²) in [6, 6.07) is 8.12. The lowest BCUT2D eigenvalue weighted by molar-refractivity contribution is 0.174. The number of benzene rings is 2. The molecule has 5 rings (SSSR count). The van der Waals surface area contributed by atoms with Crippen molar-refractivity contribution in [3.63, 3.8) is 0 Å². The molecule has 6 heteroatoms. The van der Waals surface area contributed by atoms with Gasteiger partial charge in [0.15, 0.2) is 23.0 Å². The Bertz CT molecular complexity index is 1030. The van der Waals surface area contributed by atoms with Crippen molar-refractivity contribution in [2.75, 3.05) is 28.1 Å². The molecule has 2 heterocycles. The molecular formula is C22H20O6. The van der Waals surface area contributed by atoms with Gasteiger partial charge in [0.2, 0.25) is 12.5 Å². The fourth-order valence-electron chi connectivity index (χ4n) is 4.15. The summed E-state index contributed by atoms with van der Waals surface area (Å²) >= 11 is 0. The van der Waals surface area contributed by atoms with Gasteiger partial charge in [0.1, 0.15) is 0 Å². The molecule has 0 fully saturated rings. The van der Waals surface area contributed by atoms with Crippen LogP contribution in [-0.4, -0.2) is 28.1 Å². The van der Waals surface area contributed by atoms with E-state index in [-0.39, 0.29) is 12.7 Å². The van der Waals surface area contributed by atoms with E-state index in [1.54, 1.807) is 21.3 Å². The molecule has 1 atom stereocenters. The molecule has 6 nitrogen and oxygen atoms in total. The van der Waals surface area contributed by atoms with E-state index >= 15 is 0 Å². The molecule has 144 valence electrons. The van der Waals surface area contributed by atoms with E-state index in [1.807, 2.05) is 24.7 Å². The lowest BCUT2D eigenvalue weighted by Crippen LogP contribution is -2.14. The van der Waals surface area contributed by atoms with Crippen LogP contribution in [0.5, 0.6) is 28.7 Å². The van der Waals surface area contributed by atoms with Crippen molar-refractivity contribution in [2.45, 2.75) is 12.3 Å². The van der Waals surface area contributed by atoms with E-state index in [1.165, 1.54) is 5.56 Å². The minimum absolute atomic E-state index is 0.0410. The number of furan rings is 1. The predicted molar refractivity (Wildman–Crippen MR) is 101 cm³/mol. The Morgan fingerprint density at radius 1 is 0.786 bits per heavy atom.